The van der Waals surface area contributed by atoms with E-state index in [9.17, 15) is 9.59 Å². The minimum absolute atomic E-state index is 0.295. The van der Waals surface area contributed by atoms with E-state index >= 15 is 0 Å². The van der Waals surface area contributed by atoms with Crippen molar-refractivity contribution in [3.8, 4) is 0 Å². The van der Waals surface area contributed by atoms with E-state index in [1.807, 2.05) is 28.8 Å². The van der Waals surface area contributed by atoms with Crippen LogP contribution in [0.2, 0.25) is 0 Å². The number of carbonyl (C=O) groups is 2. The maximum Gasteiger partial charge on any atom is 0.338 e. The largest absolute Gasteiger partial charge is 0.462 e. The first-order chi connectivity index (χ1) is 14.6. The quantitative estimate of drug-likeness (QED) is 0.381. The smallest absolute Gasteiger partial charge is 0.338 e. The minimum Gasteiger partial charge on any atom is -0.462 e. The van der Waals surface area contributed by atoms with Crippen molar-refractivity contribution in [2.75, 3.05) is 26.1 Å². The lowest BCUT2D eigenvalue weighted by Gasteiger charge is -2.05. The van der Waals surface area contributed by atoms with Crippen LogP contribution in [0.5, 0.6) is 0 Å². The van der Waals surface area contributed by atoms with E-state index in [0.717, 1.165) is 20.9 Å². The summed E-state index contributed by atoms with van der Waals surface area (Å²) < 4.78 is 13.1. The Hall–Kier alpha value is -2.42. The normalized spacial score (nSPS) is 11.8. The van der Waals surface area contributed by atoms with Gasteiger partial charge in [-0.25, -0.2) is 4.79 Å². The molecular weight excluding hydrogens is 420 g/mol. The Balaban J connectivity index is 2.05. The van der Waals surface area contributed by atoms with Gasteiger partial charge in [0.25, 0.3) is 5.91 Å². The number of benzene rings is 2. The molecule has 6 nitrogen and oxygen atoms in total. The third kappa shape index (κ3) is 5.19. The first-order valence-corrected chi connectivity index (χ1v) is 11.5. The third-order valence-corrected chi connectivity index (χ3v) is 6.22. The number of methoxy groups -OCH3 is 1. The van der Waals surface area contributed by atoms with E-state index in [1.54, 1.807) is 44.0 Å². The second-order valence-corrected chi connectivity index (χ2v) is 8.66. The molecule has 0 saturated carbocycles. The molecule has 8 heteroatoms. The maximum absolute atomic E-state index is 12.8. The summed E-state index contributed by atoms with van der Waals surface area (Å²) in [5, 5.41) is 0. The molecule has 0 fully saturated rings. The highest BCUT2D eigenvalue weighted by Gasteiger charge is 2.13. The van der Waals surface area contributed by atoms with Crippen molar-refractivity contribution in [3.63, 3.8) is 0 Å². The molecule has 1 heterocycles. The van der Waals surface area contributed by atoms with Crippen LogP contribution in [0.15, 0.2) is 52.4 Å². The Morgan fingerprint density at radius 2 is 1.97 bits per heavy atom. The highest BCUT2D eigenvalue weighted by Crippen LogP contribution is 2.21. The first kappa shape index (κ1) is 22.3. The van der Waals surface area contributed by atoms with Crippen LogP contribution < -0.4 is 4.80 Å². The summed E-state index contributed by atoms with van der Waals surface area (Å²) in [5.41, 5.74) is 1.93. The van der Waals surface area contributed by atoms with Gasteiger partial charge in [-0.05, 0) is 49.1 Å². The topological polar surface area (TPSA) is 69.9 Å². The Morgan fingerprint density at radius 1 is 1.13 bits per heavy atom. The predicted octanol–water partition coefficient (Wildman–Crippen LogP) is 4.38. The van der Waals surface area contributed by atoms with Gasteiger partial charge < -0.3 is 14.0 Å². The lowest BCUT2D eigenvalue weighted by atomic mass is 10.2. The predicted molar refractivity (Wildman–Crippen MR) is 120 cm³/mol. The summed E-state index contributed by atoms with van der Waals surface area (Å²) in [6.07, 6.45) is 0. The number of hydrogen-bond acceptors (Lipinski definition) is 6. The van der Waals surface area contributed by atoms with E-state index in [4.69, 9.17) is 9.47 Å². The molecule has 2 aromatic carbocycles. The van der Waals surface area contributed by atoms with Gasteiger partial charge in [-0.1, -0.05) is 24.3 Å². The number of thiazole rings is 1. The van der Waals surface area contributed by atoms with E-state index in [1.165, 1.54) is 11.3 Å². The van der Waals surface area contributed by atoms with E-state index in [2.05, 4.69) is 11.9 Å². The number of thioether (sulfide) groups is 1. The molecule has 0 N–H and O–H groups in total. The standard InChI is InChI=1S/C22H24N2O4S2/c1-4-28-21(26)16-9-10-18-19(14-16)30-22(24(18)11-12-27-3)23-20(25)15-7-6-8-17(13-15)29-5-2/h6-10,13-14H,4-5,11-12H2,1-3H3. The highest BCUT2D eigenvalue weighted by molar-refractivity contribution is 7.99. The van der Waals surface area contributed by atoms with Gasteiger partial charge in [-0.3, -0.25) is 4.79 Å². The van der Waals surface area contributed by atoms with Crippen LogP contribution in [0.1, 0.15) is 34.6 Å². The van der Waals surface area contributed by atoms with Crippen molar-refractivity contribution in [1.82, 2.24) is 4.57 Å². The van der Waals surface area contributed by atoms with Crippen molar-refractivity contribution in [2.24, 2.45) is 4.99 Å². The van der Waals surface area contributed by atoms with Crippen LogP contribution in [0.4, 0.5) is 0 Å². The molecule has 0 atom stereocenters. The van der Waals surface area contributed by atoms with E-state index in [-0.39, 0.29) is 11.9 Å². The van der Waals surface area contributed by atoms with Gasteiger partial charge in [0.1, 0.15) is 0 Å². The van der Waals surface area contributed by atoms with Crippen LogP contribution in [-0.4, -0.2) is 42.5 Å². The lowest BCUT2D eigenvalue weighted by molar-refractivity contribution is 0.0526. The molecule has 30 heavy (non-hydrogen) atoms. The van der Waals surface area contributed by atoms with Crippen LogP contribution in [0.3, 0.4) is 0 Å². The summed E-state index contributed by atoms with van der Waals surface area (Å²) in [6.45, 7) is 5.20. The number of nitrogens with zero attached hydrogens (tertiary/aromatic N) is 2. The molecule has 0 saturated heterocycles. The van der Waals surface area contributed by atoms with Crippen LogP contribution in [-0.2, 0) is 16.0 Å². The SMILES string of the molecule is CCOC(=O)c1ccc2c(c1)sc(=NC(=O)c1cccc(SCC)c1)n2CCOC. The van der Waals surface area contributed by atoms with Gasteiger partial charge in [-0.15, -0.1) is 11.8 Å². The lowest BCUT2D eigenvalue weighted by Crippen LogP contribution is -2.19. The Morgan fingerprint density at radius 3 is 2.70 bits per heavy atom. The monoisotopic (exact) mass is 444 g/mol. The Kier molecular flexibility index (Phi) is 7.84. The molecule has 0 aliphatic carbocycles. The van der Waals surface area contributed by atoms with Crippen molar-refractivity contribution < 1.29 is 19.1 Å². The average Bonchev–Trinajstić information content (AvgIpc) is 3.08. The molecule has 0 aliphatic rings. The first-order valence-electron chi connectivity index (χ1n) is 9.68. The number of ether oxygens (including phenoxy) is 2. The summed E-state index contributed by atoms with van der Waals surface area (Å²) >= 11 is 3.05. The zero-order chi connectivity index (χ0) is 21.5. The fraction of sp³-hybridized carbons (Fsp3) is 0.318. The Bertz CT molecular complexity index is 1120. The summed E-state index contributed by atoms with van der Waals surface area (Å²) in [7, 11) is 1.63. The fourth-order valence-corrected chi connectivity index (χ4v) is 4.75. The zero-order valence-corrected chi connectivity index (χ0v) is 18.8. The van der Waals surface area contributed by atoms with Gasteiger partial charge in [-0.2, -0.15) is 4.99 Å². The summed E-state index contributed by atoms with van der Waals surface area (Å²) in [5.74, 6) is 0.276. The molecule has 0 unspecified atom stereocenters. The molecule has 0 aliphatic heterocycles. The minimum atomic E-state index is -0.365. The average molecular weight is 445 g/mol. The third-order valence-electron chi connectivity index (χ3n) is 4.30. The number of carbonyl (C=O) groups excluding carboxylic acids is 2. The van der Waals surface area contributed by atoms with Crippen LogP contribution in [0, 0.1) is 0 Å². The molecule has 1 amide bonds. The van der Waals surface area contributed by atoms with Gasteiger partial charge >= 0.3 is 5.97 Å². The van der Waals surface area contributed by atoms with Gasteiger partial charge in [0.2, 0.25) is 0 Å². The van der Waals surface area contributed by atoms with E-state index in [0.29, 0.717) is 35.7 Å². The zero-order valence-electron chi connectivity index (χ0n) is 17.2. The molecule has 158 valence electrons. The second kappa shape index (κ2) is 10.6. The molecule has 1 aromatic heterocycles. The number of rotatable bonds is 8. The number of esters is 1. The van der Waals surface area contributed by atoms with Gasteiger partial charge in [0.05, 0.1) is 29.0 Å². The van der Waals surface area contributed by atoms with Crippen molar-refractivity contribution >= 4 is 45.2 Å². The summed E-state index contributed by atoms with van der Waals surface area (Å²) in [6, 6.07) is 12.9. The van der Waals surface area contributed by atoms with Crippen molar-refractivity contribution in [1.29, 1.82) is 0 Å². The molecule has 3 aromatic rings. The molecule has 0 bridgehead atoms. The van der Waals surface area contributed by atoms with Crippen molar-refractivity contribution in [3.05, 3.63) is 58.4 Å². The molecule has 3 rings (SSSR count). The van der Waals surface area contributed by atoms with Crippen LogP contribution in [0.25, 0.3) is 10.2 Å². The van der Waals surface area contributed by atoms with Gasteiger partial charge in [0.15, 0.2) is 4.80 Å². The summed E-state index contributed by atoms with van der Waals surface area (Å²) in [4.78, 5) is 30.9. The molecule has 0 radical (unpaired) electrons. The second-order valence-electron chi connectivity index (χ2n) is 6.31. The maximum atomic E-state index is 12.8. The molecule has 0 spiro atoms. The Labute approximate surface area is 183 Å². The molecular formula is C22H24N2O4S2. The highest BCUT2D eigenvalue weighted by atomic mass is 32.2. The van der Waals surface area contributed by atoms with Crippen molar-refractivity contribution in [2.45, 2.75) is 25.3 Å². The van der Waals surface area contributed by atoms with Crippen LogP contribution >= 0.6 is 23.1 Å². The number of hydrogen-bond donors (Lipinski definition) is 0. The number of amides is 1. The van der Waals surface area contributed by atoms with Gasteiger partial charge in [0, 0.05) is 24.1 Å². The number of aromatic nitrogens is 1. The van der Waals surface area contributed by atoms with E-state index < -0.39 is 0 Å². The fourth-order valence-electron chi connectivity index (χ4n) is 2.94. The number of fused-ring (bicyclic) bond motifs is 1.